The van der Waals surface area contributed by atoms with Gasteiger partial charge in [-0.2, -0.15) is 0 Å². The number of hydrogen-bond acceptors (Lipinski definition) is 4. The van der Waals surface area contributed by atoms with Gasteiger partial charge in [-0.3, -0.25) is 4.98 Å². The van der Waals surface area contributed by atoms with Gasteiger partial charge in [0.1, 0.15) is 5.69 Å². The van der Waals surface area contributed by atoms with E-state index in [9.17, 15) is 4.79 Å². The Hall–Kier alpha value is -2.41. The highest BCUT2D eigenvalue weighted by Gasteiger charge is 2.18. The van der Waals surface area contributed by atoms with Gasteiger partial charge in [-0.05, 0) is 19.2 Å². The van der Waals surface area contributed by atoms with E-state index in [0.717, 1.165) is 37.7 Å². The molecule has 0 atom stereocenters. The summed E-state index contributed by atoms with van der Waals surface area (Å²) in [6.45, 7) is 4.67. The molecule has 23 heavy (non-hydrogen) atoms. The smallest absolute Gasteiger partial charge is 0.317 e. The van der Waals surface area contributed by atoms with E-state index in [1.165, 1.54) is 0 Å². The molecule has 1 fully saturated rings. The van der Waals surface area contributed by atoms with Crippen molar-refractivity contribution in [3.05, 3.63) is 36.8 Å². The largest absolute Gasteiger partial charge is 0.336 e. The maximum absolute atomic E-state index is 12.1. The molecule has 0 saturated carbocycles. The summed E-state index contributed by atoms with van der Waals surface area (Å²) in [6.07, 6.45) is 5.42. The highest BCUT2D eigenvalue weighted by Crippen LogP contribution is 2.13. The minimum atomic E-state index is 0.0117. The number of urea groups is 1. The van der Waals surface area contributed by atoms with Crippen LogP contribution >= 0.6 is 0 Å². The minimum Gasteiger partial charge on any atom is -0.336 e. The van der Waals surface area contributed by atoms with Gasteiger partial charge >= 0.3 is 6.03 Å². The van der Waals surface area contributed by atoms with Gasteiger partial charge in [0.25, 0.3) is 0 Å². The standard InChI is InChI=1S/C16H22N6O/c1-20-10-12-22(13-11-20)16(23)19-7-9-21-8-6-18-15(21)14-4-2-3-5-17-14/h2-6,8H,7,9-13H2,1H3,(H,19,23). The molecule has 7 nitrogen and oxygen atoms in total. The summed E-state index contributed by atoms with van der Waals surface area (Å²) in [5, 5.41) is 2.98. The third-order valence-electron chi connectivity index (χ3n) is 4.03. The van der Waals surface area contributed by atoms with E-state index in [-0.39, 0.29) is 6.03 Å². The molecule has 0 aliphatic carbocycles. The number of amides is 2. The Balaban J connectivity index is 1.52. The molecule has 1 saturated heterocycles. The Morgan fingerprint density at radius 2 is 2.00 bits per heavy atom. The molecule has 0 spiro atoms. The molecular formula is C16H22N6O. The zero-order chi connectivity index (χ0) is 16.1. The second kappa shape index (κ2) is 7.23. The van der Waals surface area contributed by atoms with Gasteiger partial charge in [0.05, 0.1) is 0 Å². The summed E-state index contributed by atoms with van der Waals surface area (Å²) in [6, 6.07) is 5.77. The Bertz CT molecular complexity index is 633. The quantitative estimate of drug-likeness (QED) is 0.911. The number of carbonyl (C=O) groups is 1. The monoisotopic (exact) mass is 314 g/mol. The number of rotatable bonds is 4. The van der Waals surface area contributed by atoms with Crippen molar-refractivity contribution in [2.45, 2.75) is 6.54 Å². The molecule has 1 aliphatic heterocycles. The van der Waals surface area contributed by atoms with Crippen molar-refractivity contribution in [2.24, 2.45) is 0 Å². The van der Waals surface area contributed by atoms with Crippen LogP contribution in [0.5, 0.6) is 0 Å². The lowest BCUT2D eigenvalue weighted by molar-refractivity contribution is 0.154. The molecule has 1 aliphatic rings. The second-order valence-electron chi connectivity index (χ2n) is 5.68. The number of piperazine rings is 1. The number of carbonyl (C=O) groups excluding carboxylic acids is 1. The normalized spacial score (nSPS) is 15.6. The second-order valence-corrected chi connectivity index (χ2v) is 5.68. The van der Waals surface area contributed by atoms with Crippen molar-refractivity contribution in [3.63, 3.8) is 0 Å². The molecule has 3 rings (SSSR count). The van der Waals surface area contributed by atoms with E-state index >= 15 is 0 Å². The number of nitrogens with zero attached hydrogens (tertiary/aromatic N) is 5. The van der Waals surface area contributed by atoms with E-state index in [4.69, 9.17) is 0 Å². The molecule has 2 aromatic heterocycles. The third kappa shape index (κ3) is 3.87. The van der Waals surface area contributed by atoms with Crippen LogP contribution in [0.15, 0.2) is 36.8 Å². The van der Waals surface area contributed by atoms with Crippen molar-refractivity contribution in [1.82, 2.24) is 29.7 Å². The summed E-state index contributed by atoms with van der Waals surface area (Å²) in [4.78, 5) is 24.9. The van der Waals surface area contributed by atoms with Crippen LogP contribution in [-0.2, 0) is 6.54 Å². The van der Waals surface area contributed by atoms with E-state index in [1.807, 2.05) is 33.9 Å². The van der Waals surface area contributed by atoms with Crippen molar-refractivity contribution < 1.29 is 4.79 Å². The fraction of sp³-hybridized carbons (Fsp3) is 0.438. The van der Waals surface area contributed by atoms with Gasteiger partial charge in [-0.15, -0.1) is 0 Å². The molecule has 3 heterocycles. The van der Waals surface area contributed by atoms with Gasteiger partial charge in [-0.1, -0.05) is 6.07 Å². The van der Waals surface area contributed by atoms with Crippen molar-refractivity contribution in [3.8, 4) is 11.5 Å². The fourth-order valence-corrected chi connectivity index (χ4v) is 2.62. The molecule has 0 bridgehead atoms. The van der Waals surface area contributed by atoms with Crippen molar-refractivity contribution >= 4 is 6.03 Å². The number of imidazole rings is 1. The average molecular weight is 314 g/mol. The maximum atomic E-state index is 12.1. The summed E-state index contributed by atoms with van der Waals surface area (Å²) in [5.74, 6) is 0.819. The lowest BCUT2D eigenvalue weighted by Gasteiger charge is -2.32. The number of likely N-dealkylation sites (N-methyl/N-ethyl adjacent to an activating group) is 1. The van der Waals surface area contributed by atoms with Crippen LogP contribution in [0.4, 0.5) is 4.79 Å². The Morgan fingerprint density at radius 1 is 1.17 bits per heavy atom. The lowest BCUT2D eigenvalue weighted by Crippen LogP contribution is -2.51. The van der Waals surface area contributed by atoms with E-state index in [1.54, 1.807) is 12.4 Å². The van der Waals surface area contributed by atoms with Gasteiger partial charge in [0, 0.05) is 57.9 Å². The molecule has 2 aromatic rings. The topological polar surface area (TPSA) is 66.3 Å². The Morgan fingerprint density at radius 3 is 2.74 bits per heavy atom. The first kappa shape index (κ1) is 15.5. The average Bonchev–Trinajstić information content (AvgIpc) is 3.05. The summed E-state index contributed by atoms with van der Waals surface area (Å²) < 4.78 is 2.01. The van der Waals surface area contributed by atoms with Gasteiger partial charge in [0.15, 0.2) is 5.82 Å². The van der Waals surface area contributed by atoms with Crippen LogP contribution < -0.4 is 5.32 Å². The van der Waals surface area contributed by atoms with Crippen LogP contribution in [-0.4, -0.2) is 70.1 Å². The van der Waals surface area contributed by atoms with Gasteiger partial charge < -0.3 is 19.7 Å². The van der Waals surface area contributed by atoms with E-state index in [2.05, 4.69) is 27.2 Å². The predicted molar refractivity (Wildman–Crippen MR) is 87.9 cm³/mol. The molecule has 0 unspecified atom stereocenters. The zero-order valence-electron chi connectivity index (χ0n) is 13.4. The molecule has 1 N–H and O–H groups in total. The number of nitrogens with one attached hydrogen (secondary N) is 1. The maximum Gasteiger partial charge on any atom is 0.317 e. The van der Waals surface area contributed by atoms with Crippen LogP contribution in [0.3, 0.4) is 0 Å². The minimum absolute atomic E-state index is 0.0117. The zero-order valence-corrected chi connectivity index (χ0v) is 13.4. The Labute approximate surface area is 135 Å². The molecule has 0 radical (unpaired) electrons. The van der Waals surface area contributed by atoms with Crippen molar-refractivity contribution in [1.29, 1.82) is 0 Å². The molecule has 2 amide bonds. The first-order valence-corrected chi connectivity index (χ1v) is 7.88. The fourth-order valence-electron chi connectivity index (χ4n) is 2.62. The first-order valence-electron chi connectivity index (χ1n) is 7.88. The van der Waals surface area contributed by atoms with Crippen LogP contribution in [0, 0.1) is 0 Å². The highest BCUT2D eigenvalue weighted by molar-refractivity contribution is 5.74. The number of pyridine rings is 1. The summed E-state index contributed by atoms with van der Waals surface area (Å²) >= 11 is 0. The van der Waals surface area contributed by atoms with Crippen molar-refractivity contribution in [2.75, 3.05) is 39.8 Å². The van der Waals surface area contributed by atoms with Gasteiger partial charge in [-0.25, -0.2) is 9.78 Å². The Kier molecular flexibility index (Phi) is 4.87. The van der Waals surface area contributed by atoms with Crippen LogP contribution in [0.25, 0.3) is 11.5 Å². The lowest BCUT2D eigenvalue weighted by atomic mass is 10.3. The number of hydrogen-bond donors (Lipinski definition) is 1. The number of aromatic nitrogens is 3. The van der Waals surface area contributed by atoms with Gasteiger partial charge in [0.2, 0.25) is 0 Å². The van der Waals surface area contributed by atoms with E-state index in [0.29, 0.717) is 13.1 Å². The molecule has 0 aromatic carbocycles. The molecule has 7 heteroatoms. The van der Waals surface area contributed by atoms with Crippen LogP contribution in [0.2, 0.25) is 0 Å². The third-order valence-corrected chi connectivity index (χ3v) is 4.03. The molecule has 122 valence electrons. The summed E-state index contributed by atoms with van der Waals surface area (Å²) in [7, 11) is 2.08. The van der Waals surface area contributed by atoms with Crippen LogP contribution in [0.1, 0.15) is 0 Å². The van der Waals surface area contributed by atoms with E-state index < -0.39 is 0 Å². The SMILES string of the molecule is CN1CCN(C(=O)NCCn2ccnc2-c2ccccn2)CC1. The summed E-state index contributed by atoms with van der Waals surface area (Å²) in [5.41, 5.74) is 0.836. The highest BCUT2D eigenvalue weighted by atomic mass is 16.2. The molecular weight excluding hydrogens is 292 g/mol. The first-order chi connectivity index (χ1) is 11.2. The predicted octanol–water partition coefficient (Wildman–Crippen LogP) is 0.902.